The number of carboxylic acid groups (broad SMARTS) is 1. The minimum Gasteiger partial charge on any atom is -0.507 e. The van der Waals surface area contributed by atoms with Gasteiger partial charge < -0.3 is 14.9 Å². The maximum absolute atomic E-state index is 12.8. The number of ether oxygens (including phenoxy) is 1. The van der Waals surface area contributed by atoms with E-state index in [-0.39, 0.29) is 29.1 Å². The number of carbonyl (C=O) groups is 2. The Morgan fingerprint density at radius 2 is 1.91 bits per heavy atom. The van der Waals surface area contributed by atoms with Gasteiger partial charge in [0.1, 0.15) is 17.1 Å². The molecule has 0 aliphatic carbocycles. The highest BCUT2D eigenvalue weighted by atomic mass is 16.5. The third kappa shape index (κ3) is 2.77. The first-order chi connectivity index (χ1) is 11.0. The first-order valence-corrected chi connectivity index (χ1v) is 7.31. The Hall–Kier alpha value is -2.82. The smallest absolute Gasteiger partial charge is 0.307 e. The number of carboxylic acids is 1. The molecule has 0 aromatic heterocycles. The number of aryl methyl sites for hydroxylation is 1. The van der Waals surface area contributed by atoms with Crippen molar-refractivity contribution in [2.75, 3.05) is 6.61 Å². The van der Waals surface area contributed by atoms with E-state index in [1.165, 1.54) is 0 Å². The summed E-state index contributed by atoms with van der Waals surface area (Å²) in [6.07, 6.45) is 0.254. The monoisotopic (exact) mass is 312 g/mol. The summed E-state index contributed by atoms with van der Waals surface area (Å²) in [5.74, 6) is -1.37. The number of phenols is 1. The molecule has 0 unspecified atom stereocenters. The molecule has 1 aliphatic heterocycles. The minimum atomic E-state index is -1.06. The van der Waals surface area contributed by atoms with Crippen molar-refractivity contribution in [3.8, 4) is 11.5 Å². The summed E-state index contributed by atoms with van der Waals surface area (Å²) in [5, 5.41) is 19.4. The van der Waals surface area contributed by atoms with Gasteiger partial charge in [0, 0.05) is 17.5 Å². The van der Waals surface area contributed by atoms with Gasteiger partial charge in [0.15, 0.2) is 0 Å². The van der Waals surface area contributed by atoms with Gasteiger partial charge in [0.05, 0.1) is 13.0 Å². The molecule has 23 heavy (non-hydrogen) atoms. The lowest BCUT2D eigenvalue weighted by Crippen LogP contribution is -2.08. The Balaban J connectivity index is 2.13. The second kappa shape index (κ2) is 5.76. The highest BCUT2D eigenvalue weighted by Gasteiger charge is 2.28. The van der Waals surface area contributed by atoms with Crippen molar-refractivity contribution in [2.24, 2.45) is 0 Å². The quantitative estimate of drug-likeness (QED) is 0.847. The third-order valence-corrected chi connectivity index (χ3v) is 3.91. The van der Waals surface area contributed by atoms with Gasteiger partial charge in [-0.3, -0.25) is 9.59 Å². The lowest BCUT2D eigenvalue weighted by Gasteiger charge is -2.13. The molecule has 3 rings (SSSR count). The van der Waals surface area contributed by atoms with Gasteiger partial charge >= 0.3 is 5.97 Å². The van der Waals surface area contributed by atoms with Crippen LogP contribution in [0, 0.1) is 6.92 Å². The Labute approximate surface area is 133 Å². The molecule has 0 amide bonds. The zero-order valence-electron chi connectivity index (χ0n) is 12.6. The van der Waals surface area contributed by atoms with Crippen molar-refractivity contribution in [1.82, 2.24) is 0 Å². The predicted octanol–water partition coefficient (Wildman–Crippen LogP) is 2.49. The van der Waals surface area contributed by atoms with Crippen molar-refractivity contribution in [3.63, 3.8) is 0 Å². The molecule has 1 heterocycles. The molecule has 0 atom stereocenters. The fourth-order valence-electron chi connectivity index (χ4n) is 2.74. The molecule has 0 saturated carbocycles. The van der Waals surface area contributed by atoms with E-state index in [4.69, 9.17) is 9.84 Å². The van der Waals surface area contributed by atoms with Crippen LogP contribution in [0.4, 0.5) is 0 Å². The molecular formula is C18H16O5. The lowest BCUT2D eigenvalue weighted by atomic mass is 9.94. The molecule has 0 fully saturated rings. The summed E-state index contributed by atoms with van der Waals surface area (Å²) in [5.41, 5.74) is 2.50. The van der Waals surface area contributed by atoms with Crippen LogP contribution < -0.4 is 4.74 Å². The minimum absolute atomic E-state index is 0.0557. The van der Waals surface area contributed by atoms with E-state index in [2.05, 4.69) is 0 Å². The summed E-state index contributed by atoms with van der Waals surface area (Å²) in [4.78, 5) is 23.8. The number of aliphatic carboxylic acids is 1. The molecular weight excluding hydrogens is 296 g/mol. The van der Waals surface area contributed by atoms with E-state index in [0.29, 0.717) is 24.3 Å². The van der Waals surface area contributed by atoms with Crippen LogP contribution in [0.25, 0.3) is 0 Å². The van der Waals surface area contributed by atoms with Crippen LogP contribution in [0.1, 0.15) is 32.6 Å². The number of hydrogen-bond donors (Lipinski definition) is 2. The van der Waals surface area contributed by atoms with Gasteiger partial charge in [0.2, 0.25) is 5.78 Å². The van der Waals surface area contributed by atoms with E-state index in [1.54, 1.807) is 18.2 Å². The first-order valence-electron chi connectivity index (χ1n) is 7.31. The summed E-state index contributed by atoms with van der Waals surface area (Å²) in [6.45, 7) is 2.33. The number of carbonyl (C=O) groups excluding carboxylic acids is 1. The van der Waals surface area contributed by atoms with E-state index >= 15 is 0 Å². The van der Waals surface area contributed by atoms with Crippen LogP contribution in [-0.4, -0.2) is 28.6 Å². The second-order valence-corrected chi connectivity index (χ2v) is 5.61. The van der Waals surface area contributed by atoms with Crippen molar-refractivity contribution < 1.29 is 24.5 Å². The topological polar surface area (TPSA) is 83.8 Å². The number of rotatable bonds is 4. The molecule has 5 nitrogen and oxygen atoms in total. The number of fused-ring (bicyclic) bond motifs is 1. The summed E-state index contributed by atoms with van der Waals surface area (Å²) >= 11 is 0. The maximum atomic E-state index is 12.8. The molecule has 0 radical (unpaired) electrons. The van der Waals surface area contributed by atoms with Crippen molar-refractivity contribution in [3.05, 3.63) is 58.1 Å². The zero-order chi connectivity index (χ0) is 16.6. The van der Waals surface area contributed by atoms with Crippen LogP contribution in [0.15, 0.2) is 30.3 Å². The Kier molecular flexibility index (Phi) is 3.78. The van der Waals surface area contributed by atoms with E-state index in [1.807, 2.05) is 19.1 Å². The van der Waals surface area contributed by atoms with Crippen molar-refractivity contribution >= 4 is 11.8 Å². The fourth-order valence-corrected chi connectivity index (χ4v) is 2.74. The summed E-state index contributed by atoms with van der Waals surface area (Å²) in [7, 11) is 0. The third-order valence-electron chi connectivity index (χ3n) is 3.91. The van der Waals surface area contributed by atoms with Crippen LogP contribution in [0.2, 0.25) is 0 Å². The molecule has 0 spiro atoms. The predicted molar refractivity (Wildman–Crippen MR) is 83.3 cm³/mol. The highest BCUT2D eigenvalue weighted by molar-refractivity contribution is 6.13. The van der Waals surface area contributed by atoms with E-state index in [0.717, 1.165) is 11.1 Å². The zero-order valence-corrected chi connectivity index (χ0v) is 12.6. The average Bonchev–Trinajstić information content (AvgIpc) is 2.95. The number of hydrogen-bond acceptors (Lipinski definition) is 4. The van der Waals surface area contributed by atoms with Crippen LogP contribution in [0.3, 0.4) is 0 Å². The molecule has 2 aromatic carbocycles. The van der Waals surface area contributed by atoms with Crippen LogP contribution in [0.5, 0.6) is 11.5 Å². The van der Waals surface area contributed by atoms with Crippen LogP contribution in [-0.2, 0) is 17.6 Å². The van der Waals surface area contributed by atoms with E-state index < -0.39 is 5.97 Å². The number of aromatic hydroxyl groups is 1. The van der Waals surface area contributed by atoms with Gasteiger partial charge in [-0.05, 0) is 18.6 Å². The standard InChI is InChI=1S/C18H16O5/c1-10-2-4-11(5-3-10)16(21)15-17(22)13(9-14(19)20)8-12-6-7-23-18(12)15/h2-5,8,22H,6-7,9H2,1H3,(H,19,20). The van der Waals surface area contributed by atoms with Gasteiger partial charge in [-0.15, -0.1) is 0 Å². The molecule has 0 bridgehead atoms. The first kappa shape index (κ1) is 15.1. The molecule has 0 saturated heterocycles. The summed E-state index contributed by atoms with van der Waals surface area (Å²) < 4.78 is 5.51. The Bertz CT molecular complexity index is 790. The lowest BCUT2D eigenvalue weighted by molar-refractivity contribution is -0.136. The second-order valence-electron chi connectivity index (χ2n) is 5.61. The number of ketones is 1. The molecule has 5 heteroatoms. The van der Waals surface area contributed by atoms with Crippen molar-refractivity contribution in [1.29, 1.82) is 0 Å². The average molecular weight is 312 g/mol. The highest BCUT2D eigenvalue weighted by Crippen LogP contribution is 2.40. The Morgan fingerprint density at radius 1 is 1.22 bits per heavy atom. The molecule has 118 valence electrons. The normalized spacial score (nSPS) is 12.6. The Morgan fingerprint density at radius 3 is 2.57 bits per heavy atom. The van der Waals surface area contributed by atoms with Gasteiger partial charge in [0.25, 0.3) is 0 Å². The van der Waals surface area contributed by atoms with E-state index in [9.17, 15) is 14.7 Å². The van der Waals surface area contributed by atoms with Crippen molar-refractivity contribution in [2.45, 2.75) is 19.8 Å². The van der Waals surface area contributed by atoms with Crippen LogP contribution >= 0.6 is 0 Å². The largest absolute Gasteiger partial charge is 0.507 e. The fraction of sp³-hybridized carbons (Fsp3) is 0.222. The van der Waals surface area contributed by atoms with Gasteiger partial charge in [-0.2, -0.15) is 0 Å². The SMILES string of the molecule is Cc1ccc(C(=O)c2c(O)c(CC(=O)O)cc3c2OCC3)cc1. The molecule has 1 aliphatic rings. The maximum Gasteiger partial charge on any atom is 0.307 e. The molecule has 2 aromatic rings. The number of benzene rings is 2. The number of phenolic OH excluding ortho intramolecular Hbond substituents is 1. The van der Waals surface area contributed by atoms with Gasteiger partial charge in [-0.25, -0.2) is 0 Å². The molecule has 2 N–H and O–H groups in total. The van der Waals surface area contributed by atoms with Gasteiger partial charge in [-0.1, -0.05) is 29.8 Å². The summed E-state index contributed by atoms with van der Waals surface area (Å²) in [6, 6.07) is 8.60.